The van der Waals surface area contributed by atoms with E-state index in [0.29, 0.717) is 0 Å². The summed E-state index contributed by atoms with van der Waals surface area (Å²) in [7, 11) is 1.47. The average molecular weight is 1450 g/mol. The highest BCUT2D eigenvalue weighted by molar-refractivity contribution is 6.32. The molecule has 12 rings (SSSR count). The number of aliphatic hydroxyl groups excluding tert-OH is 6. The number of rotatable bonds is 13. The van der Waals surface area contributed by atoms with Gasteiger partial charge in [0.1, 0.15) is 89.5 Å². The number of likely N-dealkylation sites (N-methyl/N-ethyl adjacent to an activating group) is 1. The van der Waals surface area contributed by atoms with Gasteiger partial charge in [0.25, 0.3) is 0 Å². The molecular weight excluding hydrogens is 1370 g/mol. The Balaban J connectivity index is 1.24. The minimum atomic E-state index is -2.35. The smallest absolute Gasteiger partial charge is 0.330 e. The Morgan fingerprint density at radius 1 is 0.713 bits per heavy atom. The van der Waals surface area contributed by atoms with Crippen molar-refractivity contribution in [3.05, 3.63) is 117 Å². The van der Waals surface area contributed by atoms with Gasteiger partial charge in [-0.3, -0.25) is 33.6 Å². The normalized spacial score (nSPS) is 29.4. The number of halogens is 2. The van der Waals surface area contributed by atoms with Crippen LogP contribution in [-0.2, 0) is 52.6 Å². The molecule has 101 heavy (non-hydrogen) atoms. The van der Waals surface area contributed by atoms with E-state index < -0.39 is 237 Å². The van der Waals surface area contributed by atoms with E-state index in [9.17, 15) is 75.0 Å². The van der Waals surface area contributed by atoms with Crippen molar-refractivity contribution in [2.24, 2.45) is 17.4 Å². The Labute approximate surface area is 584 Å². The molecule has 0 aliphatic carbocycles. The van der Waals surface area contributed by atoms with Crippen molar-refractivity contribution in [1.29, 1.82) is 0 Å². The number of aliphatic hydroxyl groups is 6. The number of primary amides is 1. The summed E-state index contributed by atoms with van der Waals surface area (Å²) in [4.78, 5) is 117. The van der Waals surface area contributed by atoms with Crippen LogP contribution in [0.2, 0.25) is 10.0 Å². The number of aromatic hydroxyl groups is 3. The molecule has 7 aliphatic rings. The number of fused-ring (bicyclic) bond motifs is 15. The standard InChI is InChI=1S/C66H75Cl2N9O24/c1-23(2)12-34(71-5)58(88)76-49-51(83)26-7-10-38(32(67)14-26)97-40-16-28-17-41(55(40)101-65-56(54(86)53(85)42(22-78)99-65)100-44-21-66(4,70)57(87)24(3)96-44)98-39-11-8-27(15-33(39)68)52(84)50-63(93)75-48(64(94)95)31-18-29(79)19-37(81)45(31)30-13-25(6-9-36(30)80)46(60(90)77-50)74-61(91)47(28)73-59(89)35(20-43(69)82)72-62(49)92/h6-11,13-19,23-24,34-35,42,44,46-54,56-57,65,71,78-81,83-87H,12,20-22,70H2,1-5H3,(H2,69,82)(H,72,92)(H,73,89)(H,74,91)(H,75,93)(H,76,88)(H,77,90)(H,94,95)/t24-,34+,35-,42?,44+,46+,47+,48-,49+,50-,51-,52+,53+,54-,56?,57+,65-,66?/m0/s1. The number of carboxylic acid groups (broad SMARTS) is 1. The molecule has 542 valence electrons. The summed E-state index contributed by atoms with van der Waals surface area (Å²) >= 11 is 14.1. The van der Waals surface area contributed by atoms with Gasteiger partial charge in [0, 0.05) is 34.7 Å². The maximum absolute atomic E-state index is 16.0. The van der Waals surface area contributed by atoms with Crippen molar-refractivity contribution in [2.75, 3.05) is 13.7 Å². The van der Waals surface area contributed by atoms with Gasteiger partial charge in [-0.25, -0.2) is 4.79 Å². The number of hydrogen-bond acceptors (Lipinski definition) is 25. The van der Waals surface area contributed by atoms with Gasteiger partial charge in [0.2, 0.25) is 53.4 Å². The third kappa shape index (κ3) is 15.8. The van der Waals surface area contributed by atoms with Crippen molar-refractivity contribution in [2.45, 2.75) is 156 Å². The molecule has 0 radical (unpaired) electrons. The predicted molar refractivity (Wildman–Crippen MR) is 349 cm³/mol. The lowest BCUT2D eigenvalue weighted by atomic mass is 9.86. The molecule has 33 nitrogen and oxygen atoms in total. The summed E-state index contributed by atoms with van der Waals surface area (Å²) in [5, 5.41) is 131. The Morgan fingerprint density at radius 3 is 1.90 bits per heavy atom. The van der Waals surface area contributed by atoms with Crippen LogP contribution in [0.15, 0.2) is 78.9 Å². The van der Waals surface area contributed by atoms with Crippen LogP contribution in [0.3, 0.4) is 0 Å². The number of ether oxygens (including phenoxy) is 6. The summed E-state index contributed by atoms with van der Waals surface area (Å²) in [5.74, 6) is -16.0. The lowest BCUT2D eigenvalue weighted by molar-refractivity contribution is -0.333. The van der Waals surface area contributed by atoms with Crippen LogP contribution >= 0.6 is 23.2 Å². The fraction of sp³-hybridized carbons (Fsp3) is 0.424. The van der Waals surface area contributed by atoms with Crippen LogP contribution in [0, 0.1) is 5.92 Å². The zero-order valence-electron chi connectivity index (χ0n) is 54.3. The van der Waals surface area contributed by atoms with Crippen molar-refractivity contribution in [3.63, 3.8) is 0 Å². The van der Waals surface area contributed by atoms with Gasteiger partial charge in [0.05, 0.1) is 41.3 Å². The number of aliphatic carboxylic acids is 1. The Bertz CT molecular complexity index is 4070. The van der Waals surface area contributed by atoms with Gasteiger partial charge in [0.15, 0.2) is 29.9 Å². The molecule has 7 heterocycles. The van der Waals surface area contributed by atoms with E-state index in [4.69, 9.17) is 63.1 Å². The van der Waals surface area contributed by atoms with Gasteiger partial charge >= 0.3 is 5.97 Å². The van der Waals surface area contributed by atoms with Crippen LogP contribution in [-0.4, -0.2) is 191 Å². The quantitative estimate of drug-likeness (QED) is 0.0743. The summed E-state index contributed by atoms with van der Waals surface area (Å²) < 4.78 is 38.3. The van der Waals surface area contributed by atoms with E-state index in [0.717, 1.165) is 66.7 Å². The predicted octanol–water partition coefficient (Wildman–Crippen LogP) is 0.106. The SMILES string of the molecule is CN[C@H](CC(C)C)C(=O)N[C@H]1C(=O)N[C@@H](CC(N)=O)C(=O)N[C@H]2C(=O)N[C@H]3C(=O)N[C@H](C(=O)N[C@H](C(=O)O)c4cc(O)cc(O)c4-c4cc3ccc4O)[C@H](O)c3ccc(c(Cl)c3)Oc3cc2cc(c3O[C@@H]2OC(CO)[C@@H](O)[C@H](O)C2O[C@@H]2CC(C)(N)[C@H](O)[C@H](C)O2)Oc2ccc(cc2Cl)[C@@H]1O. The third-order valence-corrected chi connectivity index (χ3v) is 18.4. The number of benzene rings is 5. The highest BCUT2D eigenvalue weighted by atomic mass is 35.5. The molecule has 7 amide bonds. The Hall–Kier alpha value is -9.20. The van der Waals surface area contributed by atoms with Crippen LogP contribution in [0.25, 0.3) is 11.1 Å². The number of phenols is 3. The van der Waals surface area contributed by atoms with Crippen LogP contribution in [0.4, 0.5) is 0 Å². The highest BCUT2D eigenvalue weighted by Crippen LogP contribution is 2.50. The van der Waals surface area contributed by atoms with Gasteiger partial charge in [-0.1, -0.05) is 55.2 Å². The largest absolute Gasteiger partial charge is 0.508 e. The van der Waals surface area contributed by atoms with Crippen molar-refractivity contribution in [3.8, 4) is 57.1 Å². The maximum Gasteiger partial charge on any atom is 0.330 e. The number of amides is 7. The molecule has 0 spiro atoms. The number of nitrogens with one attached hydrogen (secondary N) is 7. The topological polar surface area (TPSA) is 530 Å². The molecule has 2 fully saturated rings. The van der Waals surface area contributed by atoms with Crippen LogP contribution in [0.5, 0.6) is 46.0 Å². The van der Waals surface area contributed by atoms with E-state index in [2.05, 4.69) is 37.2 Å². The Kier molecular flexibility index (Phi) is 22.2. The molecule has 11 bridgehead atoms. The summed E-state index contributed by atoms with van der Waals surface area (Å²) in [6.45, 7) is 5.66. The molecular formula is C66H75Cl2N9O24. The van der Waals surface area contributed by atoms with E-state index in [1.807, 2.05) is 13.8 Å². The lowest BCUT2D eigenvalue weighted by Gasteiger charge is -2.47. The monoisotopic (exact) mass is 1450 g/mol. The molecule has 21 N–H and O–H groups in total. The molecule has 0 aromatic heterocycles. The van der Waals surface area contributed by atoms with E-state index in [1.165, 1.54) is 33.0 Å². The first kappa shape index (κ1) is 74.5. The molecule has 2 saturated heterocycles. The number of carboxylic acids is 1. The zero-order valence-corrected chi connectivity index (χ0v) is 55.8. The second-order valence-electron chi connectivity index (χ2n) is 25.7. The molecule has 0 saturated carbocycles. The Morgan fingerprint density at radius 2 is 1.32 bits per heavy atom. The van der Waals surface area contributed by atoms with Gasteiger partial charge in [-0.2, -0.15) is 0 Å². The van der Waals surface area contributed by atoms with E-state index in [1.54, 1.807) is 0 Å². The number of carbonyl (C=O) groups excluding carboxylic acids is 7. The maximum atomic E-state index is 16.0. The summed E-state index contributed by atoms with van der Waals surface area (Å²) in [6.07, 6.45) is -18.6. The molecule has 5 aromatic carbocycles. The minimum Gasteiger partial charge on any atom is -0.508 e. The van der Waals surface area contributed by atoms with E-state index >= 15 is 14.4 Å². The first-order valence-electron chi connectivity index (χ1n) is 31.6. The zero-order chi connectivity index (χ0) is 73.5. The second-order valence-corrected chi connectivity index (χ2v) is 26.5. The summed E-state index contributed by atoms with van der Waals surface area (Å²) in [6, 6.07) is -0.679. The fourth-order valence-corrected chi connectivity index (χ4v) is 12.9. The average Bonchev–Trinajstić information content (AvgIpc) is 0.775. The van der Waals surface area contributed by atoms with Crippen molar-refractivity contribution < 1.29 is 118 Å². The molecule has 35 heteroatoms. The first-order valence-corrected chi connectivity index (χ1v) is 32.4. The van der Waals surface area contributed by atoms with Gasteiger partial charge < -0.3 is 128 Å². The van der Waals surface area contributed by atoms with Crippen LogP contribution in [0.1, 0.15) is 105 Å². The number of hydrogen-bond donors (Lipinski definition) is 19. The van der Waals surface area contributed by atoms with Crippen molar-refractivity contribution in [1.82, 2.24) is 37.2 Å². The van der Waals surface area contributed by atoms with Gasteiger partial charge in [-0.15, -0.1) is 0 Å². The second kappa shape index (κ2) is 30.2. The third-order valence-electron chi connectivity index (χ3n) is 17.8. The fourth-order valence-electron chi connectivity index (χ4n) is 12.5. The molecule has 7 aliphatic heterocycles. The number of nitrogens with two attached hydrogens (primary N) is 2. The number of carbonyl (C=O) groups is 8. The van der Waals surface area contributed by atoms with Crippen LogP contribution < -0.4 is 62.9 Å². The molecule has 3 unspecified atom stereocenters. The highest BCUT2D eigenvalue weighted by Gasteiger charge is 2.51. The molecule has 5 aromatic rings. The molecule has 18 atom stereocenters. The van der Waals surface area contributed by atoms with Crippen molar-refractivity contribution >= 4 is 70.5 Å². The first-order chi connectivity index (χ1) is 47.7. The minimum absolute atomic E-state index is 0.0975. The number of phenolic OH excluding ortho intramolecular Hbond substituents is 3. The lowest BCUT2D eigenvalue weighted by Crippen LogP contribution is -2.64. The van der Waals surface area contributed by atoms with Gasteiger partial charge in [-0.05, 0) is 110 Å². The van der Waals surface area contributed by atoms with E-state index in [-0.39, 0.29) is 46.2 Å². The summed E-state index contributed by atoms with van der Waals surface area (Å²) in [5.41, 5.74) is 8.00.